The molecule has 25 heavy (non-hydrogen) atoms. The Morgan fingerprint density at radius 1 is 1.28 bits per heavy atom. The van der Waals surface area contributed by atoms with Gasteiger partial charge in [0.1, 0.15) is 5.82 Å². The molecular weight excluding hydrogens is 314 g/mol. The monoisotopic (exact) mass is 339 g/mol. The third-order valence-electron chi connectivity index (χ3n) is 4.72. The summed E-state index contributed by atoms with van der Waals surface area (Å²) in [6.07, 6.45) is 8.60. The number of pyridine rings is 1. The number of hydrogen-bond donors (Lipinski definition) is 1. The number of nitrogens with one attached hydrogen (secondary N) is 1. The first-order valence-corrected chi connectivity index (χ1v) is 8.80. The summed E-state index contributed by atoms with van der Waals surface area (Å²) in [7, 11) is 1.80. The smallest absolute Gasteiger partial charge is 0.237 e. The first-order valence-electron chi connectivity index (χ1n) is 8.80. The molecule has 1 N–H and O–H groups in total. The summed E-state index contributed by atoms with van der Waals surface area (Å²) in [5.74, 6) is 0.859. The van der Waals surface area contributed by atoms with Gasteiger partial charge in [0, 0.05) is 30.7 Å². The Morgan fingerprint density at radius 2 is 2.12 bits per heavy atom. The lowest BCUT2D eigenvalue weighted by molar-refractivity contribution is -0.134. The van der Waals surface area contributed by atoms with Gasteiger partial charge in [-0.2, -0.15) is 0 Å². The molecule has 132 valence electrons. The fourth-order valence-corrected chi connectivity index (χ4v) is 3.49. The Balaban J connectivity index is 2.07. The average Bonchev–Trinajstić information content (AvgIpc) is 2.62. The number of piperidine rings is 1. The molecule has 3 heterocycles. The molecule has 0 spiro atoms. The van der Waals surface area contributed by atoms with E-state index in [9.17, 15) is 4.79 Å². The fraction of sp³-hybridized carbons (Fsp3) is 0.474. The number of aryl methyl sites for hydroxylation is 2. The van der Waals surface area contributed by atoms with Crippen LogP contribution in [0.3, 0.4) is 0 Å². The van der Waals surface area contributed by atoms with Crippen LogP contribution in [-0.4, -0.2) is 45.9 Å². The molecule has 0 radical (unpaired) electrons. The molecule has 1 atom stereocenters. The Bertz CT molecular complexity index is 761. The summed E-state index contributed by atoms with van der Waals surface area (Å²) in [6.45, 7) is 5.07. The van der Waals surface area contributed by atoms with E-state index in [2.05, 4.69) is 15.3 Å². The van der Waals surface area contributed by atoms with Crippen molar-refractivity contribution in [3.63, 3.8) is 0 Å². The minimum Gasteiger partial charge on any atom is -0.333 e. The number of nitrogens with zero attached hydrogens (tertiary/aromatic N) is 4. The molecule has 2 aromatic heterocycles. The molecule has 1 fully saturated rings. The van der Waals surface area contributed by atoms with Gasteiger partial charge in [-0.05, 0) is 57.4 Å². The predicted octanol–water partition coefficient (Wildman–Crippen LogP) is 2.43. The number of likely N-dealkylation sites (N-methyl/N-ethyl adjacent to an activating group) is 1. The Morgan fingerprint density at radius 3 is 2.88 bits per heavy atom. The van der Waals surface area contributed by atoms with Crippen LogP contribution in [0.2, 0.25) is 0 Å². The Kier molecular flexibility index (Phi) is 5.38. The van der Waals surface area contributed by atoms with Crippen LogP contribution in [-0.2, 0) is 4.79 Å². The summed E-state index contributed by atoms with van der Waals surface area (Å²) in [6, 6.07) is 1.99. The van der Waals surface area contributed by atoms with Crippen molar-refractivity contribution < 1.29 is 4.79 Å². The quantitative estimate of drug-likeness (QED) is 0.926. The SMILES string of the molecule is CNCC(=O)N1CCCCC1c1nc(C)ncc1-c1ccncc1C. The van der Waals surface area contributed by atoms with E-state index < -0.39 is 0 Å². The molecule has 1 saturated heterocycles. The zero-order valence-electron chi connectivity index (χ0n) is 15.1. The molecule has 1 unspecified atom stereocenters. The molecule has 0 aliphatic carbocycles. The van der Waals surface area contributed by atoms with Gasteiger partial charge in [0.2, 0.25) is 5.91 Å². The Hall–Kier alpha value is -2.34. The summed E-state index contributed by atoms with van der Waals surface area (Å²) >= 11 is 0. The van der Waals surface area contributed by atoms with Crippen molar-refractivity contribution in [2.24, 2.45) is 0 Å². The molecule has 0 bridgehead atoms. The van der Waals surface area contributed by atoms with Crippen LogP contribution in [0, 0.1) is 13.8 Å². The van der Waals surface area contributed by atoms with Crippen molar-refractivity contribution in [2.75, 3.05) is 20.1 Å². The summed E-state index contributed by atoms with van der Waals surface area (Å²) in [5, 5.41) is 2.97. The minimum absolute atomic E-state index is 0.00105. The van der Waals surface area contributed by atoms with Gasteiger partial charge in [0.25, 0.3) is 0 Å². The van der Waals surface area contributed by atoms with Gasteiger partial charge in [-0.25, -0.2) is 9.97 Å². The molecule has 3 rings (SSSR count). The maximum Gasteiger partial charge on any atom is 0.237 e. The predicted molar refractivity (Wildman–Crippen MR) is 97.0 cm³/mol. The van der Waals surface area contributed by atoms with Gasteiger partial charge in [0.15, 0.2) is 0 Å². The zero-order valence-corrected chi connectivity index (χ0v) is 15.1. The van der Waals surface area contributed by atoms with Crippen LogP contribution in [0.1, 0.15) is 42.4 Å². The van der Waals surface area contributed by atoms with Gasteiger partial charge < -0.3 is 10.2 Å². The van der Waals surface area contributed by atoms with Gasteiger partial charge in [-0.15, -0.1) is 0 Å². The molecule has 6 heteroatoms. The fourth-order valence-electron chi connectivity index (χ4n) is 3.49. The van der Waals surface area contributed by atoms with E-state index in [1.54, 1.807) is 13.2 Å². The largest absolute Gasteiger partial charge is 0.333 e. The first kappa shape index (κ1) is 17.5. The van der Waals surface area contributed by atoms with Crippen molar-refractivity contribution >= 4 is 5.91 Å². The second-order valence-corrected chi connectivity index (χ2v) is 6.54. The van der Waals surface area contributed by atoms with Gasteiger partial charge in [-0.1, -0.05) is 0 Å². The number of amides is 1. The van der Waals surface area contributed by atoms with E-state index in [0.717, 1.165) is 54.0 Å². The van der Waals surface area contributed by atoms with Crippen LogP contribution in [0.15, 0.2) is 24.7 Å². The maximum atomic E-state index is 12.6. The first-order chi connectivity index (χ1) is 12.1. The number of aromatic nitrogens is 3. The van der Waals surface area contributed by atoms with E-state index in [1.807, 2.05) is 37.2 Å². The van der Waals surface area contributed by atoms with E-state index >= 15 is 0 Å². The lowest BCUT2D eigenvalue weighted by atomic mass is 9.92. The number of rotatable bonds is 4. The van der Waals surface area contributed by atoms with Crippen LogP contribution < -0.4 is 5.32 Å². The third kappa shape index (κ3) is 3.69. The highest BCUT2D eigenvalue weighted by Gasteiger charge is 2.31. The average molecular weight is 339 g/mol. The lowest BCUT2D eigenvalue weighted by Gasteiger charge is -2.36. The summed E-state index contributed by atoms with van der Waals surface area (Å²) in [5.41, 5.74) is 4.11. The van der Waals surface area contributed by atoms with Crippen LogP contribution in [0.25, 0.3) is 11.1 Å². The highest BCUT2D eigenvalue weighted by Crippen LogP contribution is 2.36. The third-order valence-corrected chi connectivity index (χ3v) is 4.72. The molecule has 1 amide bonds. The molecule has 2 aromatic rings. The molecule has 1 aliphatic rings. The Labute approximate surface area is 148 Å². The van der Waals surface area contributed by atoms with Crippen molar-refractivity contribution in [2.45, 2.75) is 39.2 Å². The van der Waals surface area contributed by atoms with Crippen LogP contribution in [0.5, 0.6) is 0 Å². The van der Waals surface area contributed by atoms with Gasteiger partial charge in [-0.3, -0.25) is 9.78 Å². The van der Waals surface area contributed by atoms with Crippen molar-refractivity contribution in [3.8, 4) is 11.1 Å². The number of hydrogen-bond acceptors (Lipinski definition) is 5. The molecule has 0 aromatic carbocycles. The maximum absolute atomic E-state index is 12.6. The second kappa shape index (κ2) is 7.70. The number of carbonyl (C=O) groups excluding carboxylic acids is 1. The zero-order chi connectivity index (χ0) is 17.8. The number of likely N-dealkylation sites (tertiary alicyclic amines) is 1. The highest BCUT2D eigenvalue weighted by molar-refractivity contribution is 5.79. The molecular formula is C19H25N5O. The second-order valence-electron chi connectivity index (χ2n) is 6.54. The molecule has 6 nitrogen and oxygen atoms in total. The lowest BCUT2D eigenvalue weighted by Crippen LogP contribution is -2.43. The van der Waals surface area contributed by atoms with E-state index in [0.29, 0.717) is 6.54 Å². The topological polar surface area (TPSA) is 71.0 Å². The highest BCUT2D eigenvalue weighted by atomic mass is 16.2. The van der Waals surface area contributed by atoms with Crippen LogP contribution >= 0.6 is 0 Å². The molecule has 1 aliphatic heterocycles. The molecule has 0 saturated carbocycles. The van der Waals surface area contributed by atoms with Crippen LogP contribution in [0.4, 0.5) is 0 Å². The summed E-state index contributed by atoms with van der Waals surface area (Å²) < 4.78 is 0. The van der Waals surface area contributed by atoms with E-state index in [4.69, 9.17) is 4.98 Å². The minimum atomic E-state index is -0.00105. The van der Waals surface area contributed by atoms with Crippen molar-refractivity contribution in [1.82, 2.24) is 25.2 Å². The van der Waals surface area contributed by atoms with E-state index in [-0.39, 0.29) is 11.9 Å². The summed E-state index contributed by atoms with van der Waals surface area (Å²) in [4.78, 5) is 27.9. The standard InChI is InChI=1S/C19H25N5O/c1-13-10-21-8-7-15(13)16-11-22-14(2)23-19(16)17-6-4-5-9-24(17)18(25)12-20-3/h7-8,10-11,17,20H,4-6,9,12H2,1-3H3. The van der Waals surface area contributed by atoms with Gasteiger partial charge >= 0.3 is 0 Å². The van der Waals surface area contributed by atoms with E-state index in [1.165, 1.54) is 0 Å². The van der Waals surface area contributed by atoms with Gasteiger partial charge in [0.05, 0.1) is 18.3 Å². The van der Waals surface area contributed by atoms with Crippen molar-refractivity contribution in [3.05, 3.63) is 41.7 Å². The van der Waals surface area contributed by atoms with Crippen molar-refractivity contribution in [1.29, 1.82) is 0 Å². The normalized spacial score (nSPS) is 17.6. The number of carbonyl (C=O) groups is 1.